The molecule has 0 radical (unpaired) electrons. The van der Waals surface area contributed by atoms with Crippen LogP contribution in [0.5, 0.6) is 0 Å². The van der Waals surface area contributed by atoms with Crippen molar-refractivity contribution in [1.29, 1.82) is 0 Å². The Morgan fingerprint density at radius 3 is 2.05 bits per heavy atom. The van der Waals surface area contributed by atoms with Crippen LogP contribution in [0.15, 0.2) is 0 Å². The zero-order valence-corrected chi connectivity index (χ0v) is 26.5. The maximum atomic E-state index is 14.4. The number of aliphatic hydroxyl groups is 1. The molecular weight excluding hydrogens is 522 g/mol. The van der Waals surface area contributed by atoms with Gasteiger partial charge in [0.05, 0.1) is 6.04 Å². The lowest BCUT2D eigenvalue weighted by atomic mass is 9.73. The topological polar surface area (TPSA) is 139 Å². The molecule has 41 heavy (non-hydrogen) atoms. The van der Waals surface area contributed by atoms with Crippen molar-refractivity contribution >= 4 is 23.7 Å². The molecule has 0 aromatic rings. The highest BCUT2D eigenvalue weighted by atomic mass is 16.6. The first-order valence-corrected chi connectivity index (χ1v) is 15.6. The molecule has 0 aromatic carbocycles. The quantitative estimate of drug-likeness (QED) is 0.374. The zero-order valence-electron chi connectivity index (χ0n) is 26.5. The summed E-state index contributed by atoms with van der Waals surface area (Å²) in [5.41, 5.74) is 4.05. The second kappa shape index (κ2) is 10.5. The van der Waals surface area contributed by atoms with E-state index in [1.807, 2.05) is 20.8 Å². The van der Waals surface area contributed by atoms with Gasteiger partial charge in [-0.25, -0.2) is 4.79 Å². The van der Waals surface area contributed by atoms with E-state index in [0.29, 0.717) is 25.3 Å². The number of hydrogen-bond acceptors (Lipinski definition) is 6. The van der Waals surface area contributed by atoms with E-state index in [1.165, 1.54) is 0 Å². The molecule has 0 aromatic heterocycles. The van der Waals surface area contributed by atoms with Gasteiger partial charge in [0, 0.05) is 24.3 Å². The van der Waals surface area contributed by atoms with Crippen molar-refractivity contribution in [3.8, 4) is 0 Å². The van der Waals surface area contributed by atoms with Gasteiger partial charge in [-0.2, -0.15) is 0 Å². The van der Waals surface area contributed by atoms with Gasteiger partial charge >= 0.3 is 6.09 Å². The van der Waals surface area contributed by atoms with Crippen LogP contribution in [0.1, 0.15) is 113 Å². The van der Waals surface area contributed by atoms with E-state index in [0.717, 1.165) is 38.5 Å². The number of ether oxygens (including phenoxy) is 1. The number of likely N-dealkylation sites (tertiary alicyclic amines) is 1. The van der Waals surface area contributed by atoms with Gasteiger partial charge in [0.1, 0.15) is 17.7 Å². The molecular formula is C32H53N3O6. The number of fused-ring (bicyclic) bond motifs is 1. The number of carbonyl (C=O) groups is 4. The Hall–Kier alpha value is -2.16. The number of primary amides is 1. The number of amides is 3. The fourth-order valence-corrected chi connectivity index (χ4v) is 8.46. The van der Waals surface area contributed by atoms with E-state index in [2.05, 4.69) is 19.2 Å². The fraction of sp³-hybridized carbons (Fsp3) is 0.875. The zero-order chi connectivity index (χ0) is 30.8. The van der Waals surface area contributed by atoms with Crippen molar-refractivity contribution in [1.82, 2.24) is 10.2 Å². The molecule has 3 aliphatic carbocycles. The summed E-state index contributed by atoms with van der Waals surface area (Å²) < 4.78 is 5.49. The maximum Gasteiger partial charge on any atom is 0.408 e. The molecule has 1 saturated heterocycles. The second-order valence-corrected chi connectivity index (χ2v) is 16.1. The number of hydrogen-bond donors (Lipinski definition) is 3. The third kappa shape index (κ3) is 5.52. The van der Waals surface area contributed by atoms with Crippen LogP contribution in [0.25, 0.3) is 0 Å². The Labute approximate surface area is 245 Å². The molecule has 9 nitrogen and oxygen atoms in total. The number of ketones is 1. The third-order valence-electron chi connectivity index (χ3n) is 11.3. The molecule has 4 N–H and O–H groups in total. The first-order valence-electron chi connectivity index (χ1n) is 15.6. The lowest BCUT2D eigenvalue weighted by Gasteiger charge is -2.36. The lowest BCUT2D eigenvalue weighted by Crippen LogP contribution is -2.57. The molecule has 0 bridgehead atoms. The number of aliphatic hydroxyl groups excluding tert-OH is 1. The van der Waals surface area contributed by atoms with Crippen LogP contribution in [0.3, 0.4) is 0 Å². The molecule has 4 aliphatic rings. The Bertz CT molecular complexity index is 1060. The standard InChI is InChI=1S/C32H53N3O6/c1-28(2,3)24(34-27(40)41-29(4,5)6)26(39)35-18-32(30(7,8)31(32)13-10-14-31)17-21(35)22(36)16-20(23(37)25(33)38)15-19-11-9-12-19/h19-21,23-24,37H,9-18H2,1-8H3,(H2,33,38)(H,34,40)/t20?,21-,23?,24+,32+/m0/s1. The molecule has 1 heterocycles. The van der Waals surface area contributed by atoms with Crippen LogP contribution in [-0.4, -0.2) is 64.0 Å². The highest BCUT2D eigenvalue weighted by molar-refractivity contribution is 5.94. The number of rotatable bonds is 9. The molecule has 232 valence electrons. The first-order chi connectivity index (χ1) is 18.8. The van der Waals surface area contributed by atoms with E-state index < -0.39 is 47.1 Å². The summed E-state index contributed by atoms with van der Waals surface area (Å²) in [6.45, 7) is 16.0. The second-order valence-electron chi connectivity index (χ2n) is 16.1. The minimum atomic E-state index is -1.40. The summed E-state index contributed by atoms with van der Waals surface area (Å²) >= 11 is 0. The third-order valence-corrected chi connectivity index (χ3v) is 11.3. The van der Waals surface area contributed by atoms with Gasteiger partial charge in [-0.1, -0.05) is 60.3 Å². The van der Waals surface area contributed by atoms with Crippen LogP contribution in [0.2, 0.25) is 0 Å². The van der Waals surface area contributed by atoms with Gasteiger partial charge in [0.2, 0.25) is 11.8 Å². The Morgan fingerprint density at radius 2 is 1.63 bits per heavy atom. The van der Waals surface area contributed by atoms with Crippen LogP contribution >= 0.6 is 0 Å². The molecule has 3 amide bonds. The fourth-order valence-electron chi connectivity index (χ4n) is 8.46. The van der Waals surface area contributed by atoms with Gasteiger partial charge in [-0.15, -0.1) is 0 Å². The summed E-state index contributed by atoms with van der Waals surface area (Å²) in [5, 5.41) is 13.5. The van der Waals surface area contributed by atoms with Crippen LogP contribution < -0.4 is 11.1 Å². The van der Waals surface area contributed by atoms with E-state index in [-0.39, 0.29) is 34.4 Å². The summed E-state index contributed by atoms with van der Waals surface area (Å²) in [4.78, 5) is 55.1. The molecule has 4 fully saturated rings. The van der Waals surface area contributed by atoms with Crippen molar-refractivity contribution in [2.75, 3.05) is 6.54 Å². The highest BCUT2D eigenvalue weighted by Crippen LogP contribution is 2.88. The van der Waals surface area contributed by atoms with Gasteiger partial charge < -0.3 is 25.8 Å². The smallest absolute Gasteiger partial charge is 0.408 e. The van der Waals surface area contributed by atoms with Crippen molar-refractivity contribution in [2.45, 2.75) is 137 Å². The first kappa shape index (κ1) is 31.8. The molecule has 4 rings (SSSR count). The summed E-state index contributed by atoms with van der Waals surface area (Å²) in [7, 11) is 0. The van der Waals surface area contributed by atoms with Crippen LogP contribution in [0, 0.1) is 33.5 Å². The molecule has 1 aliphatic heterocycles. The molecule has 9 heteroatoms. The minimum Gasteiger partial charge on any atom is -0.444 e. The Morgan fingerprint density at radius 1 is 1.02 bits per heavy atom. The maximum absolute atomic E-state index is 14.4. The number of alkyl carbamates (subject to hydrolysis) is 1. The number of Topliss-reactive ketones (excluding diaryl/α,β-unsaturated/α-hetero) is 1. The average molecular weight is 576 g/mol. The Kier molecular flexibility index (Phi) is 8.16. The molecule has 5 atom stereocenters. The van der Waals surface area contributed by atoms with E-state index >= 15 is 0 Å². The minimum absolute atomic E-state index is 0.00175. The monoisotopic (exact) mass is 575 g/mol. The summed E-state index contributed by atoms with van der Waals surface area (Å²) in [5.74, 6) is -1.44. The molecule has 2 unspecified atom stereocenters. The summed E-state index contributed by atoms with van der Waals surface area (Å²) in [6, 6.07) is -1.58. The predicted molar refractivity (Wildman–Crippen MR) is 156 cm³/mol. The largest absolute Gasteiger partial charge is 0.444 e. The lowest BCUT2D eigenvalue weighted by molar-refractivity contribution is -0.142. The SMILES string of the molecule is CC(C)(C)OC(=O)N[C@H](C(=O)N1C[C@]2(C[C@H]1C(=O)CC(CC1CCC1)C(O)C(N)=O)C(C)(C)C21CCC1)C(C)(C)C. The number of nitrogens with zero attached hydrogens (tertiary/aromatic N) is 1. The average Bonchev–Trinajstić information content (AvgIpc) is 3.01. The van der Waals surface area contributed by atoms with E-state index in [4.69, 9.17) is 10.5 Å². The Balaban J connectivity index is 1.63. The van der Waals surface area contributed by atoms with Crippen molar-refractivity contribution < 1.29 is 29.0 Å². The van der Waals surface area contributed by atoms with E-state index in [1.54, 1.807) is 25.7 Å². The van der Waals surface area contributed by atoms with Crippen molar-refractivity contribution in [3.05, 3.63) is 0 Å². The highest BCUT2D eigenvalue weighted by Gasteiger charge is 2.85. The predicted octanol–water partition coefficient (Wildman–Crippen LogP) is 4.34. The van der Waals surface area contributed by atoms with Gasteiger partial charge in [0.15, 0.2) is 5.78 Å². The van der Waals surface area contributed by atoms with Gasteiger partial charge in [-0.05, 0) is 68.6 Å². The van der Waals surface area contributed by atoms with Gasteiger partial charge in [-0.3, -0.25) is 14.4 Å². The van der Waals surface area contributed by atoms with E-state index in [9.17, 15) is 24.3 Å². The van der Waals surface area contributed by atoms with Gasteiger partial charge in [0.25, 0.3) is 0 Å². The summed E-state index contributed by atoms with van der Waals surface area (Å²) in [6.07, 6.45) is 5.55. The van der Waals surface area contributed by atoms with Crippen molar-refractivity contribution in [2.24, 2.45) is 39.2 Å². The molecule has 2 spiro atoms. The number of nitrogens with one attached hydrogen (secondary N) is 1. The van der Waals surface area contributed by atoms with Crippen LogP contribution in [0.4, 0.5) is 4.79 Å². The number of carbonyl (C=O) groups excluding carboxylic acids is 4. The normalized spacial score (nSPS) is 28.8. The van der Waals surface area contributed by atoms with Crippen LogP contribution in [-0.2, 0) is 19.1 Å². The van der Waals surface area contributed by atoms with Crippen molar-refractivity contribution in [3.63, 3.8) is 0 Å². The molecule has 3 saturated carbocycles. The number of nitrogens with two attached hydrogens (primary N) is 1.